The zero-order chi connectivity index (χ0) is 23.9. The van der Waals surface area contributed by atoms with E-state index in [0.717, 1.165) is 10.0 Å². The zero-order valence-electron chi connectivity index (χ0n) is 17.1. The molecule has 0 radical (unpaired) electrons. The van der Waals surface area contributed by atoms with Crippen LogP contribution in [0.3, 0.4) is 0 Å². The Kier molecular flexibility index (Phi) is 7.29. The van der Waals surface area contributed by atoms with Gasteiger partial charge in [0.05, 0.1) is 22.4 Å². The number of nitrogens with zero attached hydrogens (tertiary/aromatic N) is 2. The average molecular weight is 617 g/mol. The van der Waals surface area contributed by atoms with Crippen molar-refractivity contribution in [3.05, 3.63) is 69.7 Å². The second-order valence-corrected chi connectivity index (χ2v) is 11.2. The second-order valence-electron chi connectivity index (χ2n) is 7.98. The summed E-state index contributed by atoms with van der Waals surface area (Å²) in [7, 11) is 0. The molecular formula is C23H18Br2Cl2N2O4. The Morgan fingerprint density at radius 2 is 1.52 bits per heavy atom. The van der Waals surface area contributed by atoms with Crippen LogP contribution in [0.5, 0.6) is 0 Å². The Bertz CT molecular complexity index is 1100. The van der Waals surface area contributed by atoms with Gasteiger partial charge in [-0.2, -0.15) is 5.01 Å². The first-order valence-corrected chi connectivity index (χ1v) is 12.8. The number of amides is 3. The Labute approximate surface area is 217 Å². The Balaban J connectivity index is 1.72. The van der Waals surface area contributed by atoms with E-state index in [1.807, 2.05) is 0 Å². The third-order valence-corrected chi connectivity index (χ3v) is 9.20. The molecule has 2 fully saturated rings. The molecular weight excluding hydrogens is 599 g/mol. The summed E-state index contributed by atoms with van der Waals surface area (Å²) < 4.78 is 0. The first-order valence-electron chi connectivity index (χ1n) is 10.2. The molecule has 0 spiro atoms. The summed E-state index contributed by atoms with van der Waals surface area (Å²) in [5.74, 6) is -3.27. The molecule has 2 aromatic carbocycles. The molecule has 4 atom stereocenters. The molecule has 2 aliphatic rings. The molecule has 0 aromatic heterocycles. The topological polar surface area (TPSA) is 74.8 Å². The number of hydrogen-bond acceptors (Lipinski definition) is 4. The predicted molar refractivity (Wildman–Crippen MR) is 132 cm³/mol. The lowest BCUT2D eigenvalue weighted by atomic mass is 9.81. The minimum Gasteiger partial charge on any atom is -0.292 e. The minimum absolute atomic E-state index is 0.0104. The quantitative estimate of drug-likeness (QED) is 0.264. The van der Waals surface area contributed by atoms with Gasteiger partial charge in [-0.3, -0.25) is 19.2 Å². The molecule has 10 heteroatoms. The van der Waals surface area contributed by atoms with Crippen LogP contribution in [0.4, 0.5) is 0 Å². The van der Waals surface area contributed by atoms with E-state index in [4.69, 9.17) is 23.2 Å². The van der Waals surface area contributed by atoms with Crippen LogP contribution in [-0.4, -0.2) is 49.7 Å². The molecule has 1 saturated carbocycles. The van der Waals surface area contributed by atoms with Crippen LogP contribution in [0.1, 0.15) is 33.6 Å². The number of rotatable bonds is 5. The van der Waals surface area contributed by atoms with Crippen LogP contribution in [0.15, 0.2) is 48.5 Å². The standard InChI is InChI=1S/C23H18Br2Cl2N2O4/c24-17-9-15-16(10-18(17)25)23(33)29(22(15)32)28(11-20(30)12-4-2-1-3-5-12)21(31)14-7-6-13(26)8-19(14)27/h1-8,15-18H,9-11H2/t15-,16+,17-,18-/m0/s1. The number of Topliss-reactive ketones (excluding diaryl/α,β-unsaturated/α-hetero) is 1. The van der Waals surface area contributed by atoms with E-state index in [9.17, 15) is 19.2 Å². The fourth-order valence-corrected chi connectivity index (χ4v) is 5.93. The van der Waals surface area contributed by atoms with E-state index in [2.05, 4.69) is 31.9 Å². The highest BCUT2D eigenvalue weighted by Crippen LogP contribution is 2.43. The van der Waals surface area contributed by atoms with Gasteiger partial charge in [0.2, 0.25) is 0 Å². The third-order valence-electron chi connectivity index (χ3n) is 5.91. The summed E-state index contributed by atoms with van der Waals surface area (Å²) in [6.07, 6.45) is 0.885. The number of imide groups is 1. The Hall–Kier alpha value is -1.74. The van der Waals surface area contributed by atoms with E-state index < -0.39 is 41.9 Å². The fourth-order valence-electron chi connectivity index (χ4n) is 4.20. The van der Waals surface area contributed by atoms with Crippen molar-refractivity contribution in [1.29, 1.82) is 0 Å². The number of fused-ring (bicyclic) bond motifs is 1. The lowest BCUT2D eigenvalue weighted by Gasteiger charge is -2.30. The van der Waals surface area contributed by atoms with E-state index >= 15 is 0 Å². The molecule has 1 heterocycles. The fraction of sp³-hybridized carbons (Fsp3) is 0.304. The van der Waals surface area contributed by atoms with E-state index in [1.165, 1.54) is 18.2 Å². The van der Waals surface area contributed by atoms with Crippen molar-refractivity contribution >= 4 is 78.6 Å². The van der Waals surface area contributed by atoms with E-state index in [-0.39, 0.29) is 20.2 Å². The molecule has 3 amide bonds. The maximum Gasteiger partial charge on any atom is 0.274 e. The molecule has 0 unspecified atom stereocenters. The molecule has 6 nitrogen and oxygen atoms in total. The smallest absolute Gasteiger partial charge is 0.274 e. The van der Waals surface area contributed by atoms with Gasteiger partial charge in [-0.1, -0.05) is 85.4 Å². The number of carbonyl (C=O) groups excluding carboxylic acids is 4. The Morgan fingerprint density at radius 1 is 0.939 bits per heavy atom. The second kappa shape index (κ2) is 9.86. The van der Waals surface area contributed by atoms with Crippen molar-refractivity contribution in [2.75, 3.05) is 6.54 Å². The van der Waals surface area contributed by atoms with Gasteiger partial charge in [0.15, 0.2) is 5.78 Å². The monoisotopic (exact) mass is 614 g/mol. The molecule has 1 aliphatic carbocycles. The van der Waals surface area contributed by atoms with E-state index in [1.54, 1.807) is 30.3 Å². The van der Waals surface area contributed by atoms with Gasteiger partial charge in [-0.25, -0.2) is 5.01 Å². The first kappa shape index (κ1) is 24.4. The van der Waals surface area contributed by atoms with Crippen LogP contribution in [0.2, 0.25) is 10.0 Å². The number of carbonyl (C=O) groups is 4. The molecule has 33 heavy (non-hydrogen) atoms. The van der Waals surface area contributed by atoms with Crippen LogP contribution < -0.4 is 0 Å². The SMILES string of the molecule is O=C(CN(C(=O)c1ccc(Cl)cc1Cl)N1C(=O)[C@H]2C[C@H](Br)[C@@H](Br)C[C@H]2C1=O)c1ccccc1. The average Bonchev–Trinajstić information content (AvgIpc) is 3.02. The van der Waals surface area contributed by atoms with Gasteiger partial charge in [-0.05, 0) is 31.0 Å². The first-order chi connectivity index (χ1) is 15.7. The molecule has 2 aromatic rings. The van der Waals surface area contributed by atoms with Gasteiger partial charge in [-0.15, -0.1) is 0 Å². The molecule has 4 rings (SSSR count). The van der Waals surface area contributed by atoms with Crippen molar-refractivity contribution in [3.8, 4) is 0 Å². The molecule has 0 bridgehead atoms. The van der Waals surface area contributed by atoms with Crippen molar-refractivity contribution in [2.45, 2.75) is 22.5 Å². The summed E-state index contributed by atoms with van der Waals surface area (Å²) >= 11 is 19.3. The molecule has 172 valence electrons. The molecule has 1 saturated heterocycles. The van der Waals surface area contributed by atoms with Crippen LogP contribution in [-0.2, 0) is 9.59 Å². The summed E-state index contributed by atoms with van der Waals surface area (Å²) in [5, 5.41) is 2.14. The summed E-state index contributed by atoms with van der Waals surface area (Å²) in [6.45, 7) is -0.492. The number of benzene rings is 2. The van der Waals surface area contributed by atoms with Crippen molar-refractivity contribution in [1.82, 2.24) is 10.0 Å². The maximum atomic E-state index is 13.5. The molecule has 0 N–H and O–H groups in total. The highest BCUT2D eigenvalue weighted by Gasteiger charge is 2.54. The van der Waals surface area contributed by atoms with Gasteiger partial charge >= 0.3 is 0 Å². The number of halogens is 4. The van der Waals surface area contributed by atoms with Crippen LogP contribution >= 0.6 is 55.1 Å². The van der Waals surface area contributed by atoms with Crippen molar-refractivity contribution < 1.29 is 19.2 Å². The van der Waals surface area contributed by atoms with Gasteiger partial charge in [0.25, 0.3) is 17.7 Å². The van der Waals surface area contributed by atoms with Gasteiger partial charge in [0.1, 0.15) is 6.54 Å². The number of hydrogen-bond donors (Lipinski definition) is 0. The highest BCUT2D eigenvalue weighted by atomic mass is 79.9. The number of ketones is 1. The van der Waals surface area contributed by atoms with Crippen LogP contribution in [0.25, 0.3) is 0 Å². The summed E-state index contributed by atoms with van der Waals surface area (Å²) in [4.78, 5) is 53.3. The van der Waals surface area contributed by atoms with Crippen molar-refractivity contribution in [3.63, 3.8) is 0 Å². The van der Waals surface area contributed by atoms with Crippen molar-refractivity contribution in [2.24, 2.45) is 11.8 Å². The lowest BCUT2D eigenvalue weighted by Crippen LogP contribution is -2.52. The number of alkyl halides is 2. The predicted octanol–water partition coefficient (Wildman–Crippen LogP) is 5.16. The zero-order valence-corrected chi connectivity index (χ0v) is 21.8. The minimum atomic E-state index is -0.730. The van der Waals surface area contributed by atoms with E-state index in [0.29, 0.717) is 23.4 Å². The van der Waals surface area contributed by atoms with Gasteiger partial charge < -0.3 is 0 Å². The van der Waals surface area contributed by atoms with Crippen LogP contribution in [0, 0.1) is 11.8 Å². The Morgan fingerprint density at radius 3 is 2.06 bits per heavy atom. The van der Waals surface area contributed by atoms with Gasteiger partial charge in [0, 0.05) is 20.2 Å². The highest BCUT2D eigenvalue weighted by molar-refractivity contribution is 9.12. The molecule has 1 aliphatic heterocycles. The maximum absolute atomic E-state index is 13.5. The summed E-state index contributed by atoms with van der Waals surface area (Å²) in [6, 6.07) is 12.7. The normalized spacial score (nSPS) is 24.5. The summed E-state index contributed by atoms with van der Waals surface area (Å²) in [5.41, 5.74) is 0.393. The largest absolute Gasteiger partial charge is 0.292 e. The number of hydrazine groups is 1. The third kappa shape index (κ3) is 4.76. The lowest BCUT2D eigenvalue weighted by molar-refractivity contribution is -0.154.